The average Bonchev–Trinajstić information content (AvgIpc) is 3.19. The number of para-hydroxylation sites is 1. The zero-order valence-electron chi connectivity index (χ0n) is 17.2. The molecule has 1 aromatic carbocycles. The number of benzene rings is 1. The number of anilines is 1. The molecule has 2 amide bonds. The molecule has 156 valence electrons. The Morgan fingerprint density at radius 2 is 1.86 bits per heavy atom. The summed E-state index contributed by atoms with van der Waals surface area (Å²) in [4.78, 5) is 26.1. The van der Waals surface area contributed by atoms with Crippen molar-refractivity contribution in [1.29, 1.82) is 0 Å². The highest BCUT2D eigenvalue weighted by Gasteiger charge is 2.22. The van der Waals surface area contributed by atoms with Crippen LogP contribution in [0.4, 0.5) is 5.69 Å². The molecule has 1 N–H and O–H groups in total. The first-order valence-electron chi connectivity index (χ1n) is 10.00. The van der Waals surface area contributed by atoms with Crippen LogP contribution in [0.5, 0.6) is 0 Å². The molecule has 0 spiro atoms. The van der Waals surface area contributed by atoms with Crippen LogP contribution in [0.2, 0.25) is 0 Å². The minimum Gasteiger partial charge on any atom is -0.416 e. The molecule has 0 unspecified atom stereocenters. The number of likely N-dealkylation sites (N-methyl/N-ethyl adjacent to an activating group) is 1. The molecule has 0 bridgehead atoms. The van der Waals surface area contributed by atoms with Crippen LogP contribution in [0.3, 0.4) is 0 Å². The summed E-state index contributed by atoms with van der Waals surface area (Å²) in [6, 6.07) is 5.84. The molecule has 3 rings (SSSR count). The van der Waals surface area contributed by atoms with Gasteiger partial charge in [0.25, 0.3) is 5.22 Å². The van der Waals surface area contributed by atoms with Crippen molar-refractivity contribution in [2.45, 2.75) is 57.1 Å². The Labute approximate surface area is 175 Å². The molecular formula is C21H28N4O3S. The highest BCUT2D eigenvalue weighted by Crippen LogP contribution is 2.32. The van der Waals surface area contributed by atoms with E-state index in [-0.39, 0.29) is 24.1 Å². The zero-order valence-corrected chi connectivity index (χ0v) is 18.1. The molecular weight excluding hydrogens is 388 g/mol. The first kappa shape index (κ1) is 21.4. The highest BCUT2D eigenvalue weighted by molar-refractivity contribution is 7.99. The molecule has 0 aliphatic heterocycles. The van der Waals surface area contributed by atoms with E-state index in [1.54, 1.807) is 7.05 Å². The fourth-order valence-electron chi connectivity index (χ4n) is 3.52. The van der Waals surface area contributed by atoms with Crippen molar-refractivity contribution in [3.63, 3.8) is 0 Å². The van der Waals surface area contributed by atoms with Gasteiger partial charge >= 0.3 is 0 Å². The molecule has 2 aromatic rings. The van der Waals surface area contributed by atoms with Crippen molar-refractivity contribution in [2.24, 2.45) is 0 Å². The van der Waals surface area contributed by atoms with E-state index >= 15 is 0 Å². The van der Waals surface area contributed by atoms with Crippen molar-refractivity contribution < 1.29 is 14.0 Å². The highest BCUT2D eigenvalue weighted by atomic mass is 32.2. The average molecular weight is 417 g/mol. The maximum atomic E-state index is 12.4. The first-order chi connectivity index (χ1) is 13.9. The number of hydrogen-bond acceptors (Lipinski definition) is 6. The molecule has 1 aromatic heterocycles. The van der Waals surface area contributed by atoms with Crippen LogP contribution in [-0.4, -0.2) is 46.3 Å². The number of carbonyl (C=O) groups excluding carboxylic acids is 2. The van der Waals surface area contributed by atoms with Crippen LogP contribution < -0.4 is 5.32 Å². The second-order valence-corrected chi connectivity index (χ2v) is 8.52. The molecule has 1 heterocycles. The van der Waals surface area contributed by atoms with Gasteiger partial charge in [0.05, 0.1) is 12.3 Å². The minimum atomic E-state index is -0.222. The summed E-state index contributed by atoms with van der Waals surface area (Å²) >= 11 is 1.21. The van der Waals surface area contributed by atoms with Gasteiger partial charge in [-0.05, 0) is 37.8 Å². The Bertz CT molecular complexity index is 841. The van der Waals surface area contributed by atoms with E-state index in [1.807, 2.05) is 32.0 Å². The van der Waals surface area contributed by atoms with Gasteiger partial charge in [-0.1, -0.05) is 49.2 Å². The lowest BCUT2D eigenvalue weighted by Crippen LogP contribution is -2.36. The number of aryl methyl sites for hydroxylation is 2. The largest absolute Gasteiger partial charge is 0.416 e. The molecule has 1 fully saturated rings. The Balaban J connectivity index is 1.46. The monoisotopic (exact) mass is 416 g/mol. The van der Waals surface area contributed by atoms with Gasteiger partial charge in [0.15, 0.2) is 0 Å². The summed E-state index contributed by atoms with van der Waals surface area (Å²) in [7, 11) is 1.62. The summed E-state index contributed by atoms with van der Waals surface area (Å²) in [5.41, 5.74) is 2.79. The van der Waals surface area contributed by atoms with Gasteiger partial charge in [-0.3, -0.25) is 9.59 Å². The Morgan fingerprint density at radius 1 is 1.17 bits per heavy atom. The second kappa shape index (κ2) is 9.91. The molecule has 7 nitrogen and oxygen atoms in total. The van der Waals surface area contributed by atoms with Gasteiger partial charge in [0, 0.05) is 18.7 Å². The normalized spacial score (nSPS) is 14.6. The molecule has 1 aliphatic rings. The van der Waals surface area contributed by atoms with E-state index in [0.29, 0.717) is 17.0 Å². The summed E-state index contributed by atoms with van der Waals surface area (Å²) in [5, 5.41) is 11.5. The van der Waals surface area contributed by atoms with Crippen LogP contribution in [-0.2, 0) is 9.59 Å². The maximum absolute atomic E-state index is 12.4. The third-order valence-corrected chi connectivity index (χ3v) is 6.05. The van der Waals surface area contributed by atoms with Crippen LogP contribution in [0.25, 0.3) is 0 Å². The fraction of sp³-hybridized carbons (Fsp3) is 0.524. The van der Waals surface area contributed by atoms with Gasteiger partial charge in [-0.15, -0.1) is 10.2 Å². The quantitative estimate of drug-likeness (QED) is 0.688. The van der Waals surface area contributed by atoms with Crippen LogP contribution in [0.15, 0.2) is 27.8 Å². The van der Waals surface area contributed by atoms with Crippen LogP contribution >= 0.6 is 11.8 Å². The van der Waals surface area contributed by atoms with E-state index in [0.717, 1.165) is 29.7 Å². The maximum Gasteiger partial charge on any atom is 0.277 e. The van der Waals surface area contributed by atoms with Gasteiger partial charge in [0.1, 0.15) is 0 Å². The summed E-state index contributed by atoms with van der Waals surface area (Å²) in [5.74, 6) is 0.794. The Hall–Kier alpha value is -2.35. The minimum absolute atomic E-state index is 0.00960. The SMILES string of the molecule is Cc1cccc(C)c1NC(=O)CN(C)C(=O)CSc1nnc(C2CCCCC2)o1. The number of rotatable bonds is 7. The molecule has 29 heavy (non-hydrogen) atoms. The molecule has 0 atom stereocenters. The zero-order chi connectivity index (χ0) is 20.8. The summed E-state index contributed by atoms with van der Waals surface area (Å²) in [6.07, 6.45) is 5.84. The van der Waals surface area contributed by atoms with Crippen LogP contribution in [0, 0.1) is 13.8 Å². The molecule has 0 radical (unpaired) electrons. The first-order valence-corrected chi connectivity index (χ1v) is 11.0. The van der Waals surface area contributed by atoms with E-state index in [1.165, 1.54) is 35.9 Å². The molecule has 0 saturated heterocycles. The predicted octanol–water partition coefficient (Wildman–Crippen LogP) is 3.92. The van der Waals surface area contributed by atoms with Gasteiger partial charge in [0.2, 0.25) is 17.7 Å². The standard InChI is InChI=1S/C21H28N4O3S/c1-14-8-7-9-15(2)19(14)22-17(26)12-25(3)18(27)13-29-21-24-23-20(28-21)16-10-5-4-6-11-16/h7-9,16H,4-6,10-13H2,1-3H3,(H,22,26). The lowest BCUT2D eigenvalue weighted by atomic mass is 9.89. The van der Waals surface area contributed by atoms with Crippen LogP contribution in [0.1, 0.15) is 55.0 Å². The smallest absolute Gasteiger partial charge is 0.277 e. The van der Waals surface area contributed by atoms with E-state index in [4.69, 9.17) is 4.42 Å². The number of aromatic nitrogens is 2. The number of hydrogen-bond donors (Lipinski definition) is 1. The van der Waals surface area contributed by atoms with Gasteiger partial charge in [-0.25, -0.2) is 0 Å². The second-order valence-electron chi connectivity index (χ2n) is 7.59. The molecule has 8 heteroatoms. The number of thioether (sulfide) groups is 1. The topological polar surface area (TPSA) is 88.3 Å². The number of nitrogens with zero attached hydrogens (tertiary/aromatic N) is 3. The van der Waals surface area contributed by atoms with Gasteiger partial charge < -0.3 is 14.6 Å². The fourth-order valence-corrected chi connectivity index (χ4v) is 4.23. The van der Waals surface area contributed by atoms with Crippen molar-refractivity contribution >= 4 is 29.3 Å². The third-order valence-electron chi connectivity index (χ3n) is 5.25. The van der Waals surface area contributed by atoms with Crippen molar-refractivity contribution in [2.75, 3.05) is 24.7 Å². The van der Waals surface area contributed by atoms with Gasteiger partial charge in [-0.2, -0.15) is 0 Å². The van der Waals surface area contributed by atoms with E-state index < -0.39 is 0 Å². The Kier molecular flexibility index (Phi) is 7.30. The van der Waals surface area contributed by atoms with Crippen molar-refractivity contribution in [1.82, 2.24) is 15.1 Å². The lowest BCUT2D eigenvalue weighted by molar-refractivity contribution is -0.131. The number of carbonyl (C=O) groups is 2. The predicted molar refractivity (Wildman–Crippen MR) is 113 cm³/mol. The van der Waals surface area contributed by atoms with E-state index in [9.17, 15) is 9.59 Å². The lowest BCUT2D eigenvalue weighted by Gasteiger charge is -2.18. The summed E-state index contributed by atoms with van der Waals surface area (Å²) in [6.45, 7) is 3.88. The summed E-state index contributed by atoms with van der Waals surface area (Å²) < 4.78 is 5.73. The molecule has 1 saturated carbocycles. The molecule has 1 aliphatic carbocycles. The number of nitrogens with one attached hydrogen (secondary N) is 1. The third kappa shape index (κ3) is 5.82. The van der Waals surface area contributed by atoms with Crippen molar-refractivity contribution in [3.05, 3.63) is 35.2 Å². The van der Waals surface area contributed by atoms with E-state index in [2.05, 4.69) is 15.5 Å². The van der Waals surface area contributed by atoms with Crippen molar-refractivity contribution in [3.8, 4) is 0 Å². The number of amides is 2. The Morgan fingerprint density at radius 3 is 2.55 bits per heavy atom.